The lowest BCUT2D eigenvalue weighted by atomic mass is 9.89. The van der Waals surface area contributed by atoms with E-state index in [0.717, 1.165) is 22.9 Å². The Morgan fingerprint density at radius 3 is 2.54 bits per heavy atom. The Kier molecular flexibility index (Phi) is 11.5. The SMILES string of the molecule is CCC(CC)(CN)NC(=O)C(CCOC)Cc1cccc(Br)c1.Cl. The van der Waals surface area contributed by atoms with Crippen LogP contribution in [0.15, 0.2) is 28.7 Å². The molecule has 0 aromatic heterocycles. The molecule has 0 saturated carbocycles. The van der Waals surface area contributed by atoms with Crippen LogP contribution >= 0.6 is 28.3 Å². The maximum absolute atomic E-state index is 12.8. The fraction of sp³-hybridized carbons (Fsp3) is 0.611. The molecular weight excluding hydrogens is 392 g/mol. The van der Waals surface area contributed by atoms with Gasteiger partial charge in [-0.3, -0.25) is 4.79 Å². The summed E-state index contributed by atoms with van der Waals surface area (Å²) in [6, 6.07) is 8.09. The number of ether oxygens (including phenoxy) is 1. The lowest BCUT2D eigenvalue weighted by Gasteiger charge is -2.33. The fourth-order valence-electron chi connectivity index (χ4n) is 2.66. The molecule has 4 nitrogen and oxygen atoms in total. The van der Waals surface area contributed by atoms with Crippen LogP contribution in [0.1, 0.15) is 38.7 Å². The third kappa shape index (κ3) is 7.09. The quantitative estimate of drug-likeness (QED) is 0.605. The molecule has 24 heavy (non-hydrogen) atoms. The van der Waals surface area contributed by atoms with E-state index >= 15 is 0 Å². The van der Waals surface area contributed by atoms with Gasteiger partial charge in [-0.15, -0.1) is 12.4 Å². The number of benzene rings is 1. The van der Waals surface area contributed by atoms with Gasteiger partial charge in [-0.05, 0) is 43.4 Å². The first-order valence-electron chi connectivity index (χ1n) is 8.25. The average molecular weight is 422 g/mol. The van der Waals surface area contributed by atoms with Crippen molar-refractivity contribution >= 4 is 34.2 Å². The lowest BCUT2D eigenvalue weighted by molar-refractivity contribution is -0.127. The summed E-state index contributed by atoms with van der Waals surface area (Å²) in [6.07, 6.45) is 3.06. The molecule has 1 aromatic rings. The summed E-state index contributed by atoms with van der Waals surface area (Å²) in [5.74, 6) is -0.0514. The van der Waals surface area contributed by atoms with Gasteiger partial charge in [0.05, 0.1) is 5.54 Å². The average Bonchev–Trinajstić information content (AvgIpc) is 2.56. The molecule has 0 aliphatic carbocycles. The zero-order chi connectivity index (χ0) is 17.3. The highest BCUT2D eigenvalue weighted by Gasteiger charge is 2.29. The zero-order valence-electron chi connectivity index (χ0n) is 14.8. The van der Waals surface area contributed by atoms with Crippen molar-refractivity contribution < 1.29 is 9.53 Å². The van der Waals surface area contributed by atoms with Crippen molar-refractivity contribution in [2.24, 2.45) is 11.7 Å². The van der Waals surface area contributed by atoms with Crippen molar-refractivity contribution in [3.63, 3.8) is 0 Å². The minimum atomic E-state index is -0.306. The minimum Gasteiger partial charge on any atom is -0.385 e. The highest BCUT2D eigenvalue weighted by molar-refractivity contribution is 9.10. The van der Waals surface area contributed by atoms with Gasteiger partial charge in [0.1, 0.15) is 0 Å². The van der Waals surface area contributed by atoms with Crippen molar-refractivity contribution in [2.45, 2.75) is 45.1 Å². The van der Waals surface area contributed by atoms with E-state index in [1.807, 2.05) is 18.2 Å². The smallest absolute Gasteiger partial charge is 0.224 e. The Bertz CT molecular complexity index is 487. The largest absolute Gasteiger partial charge is 0.385 e. The summed E-state index contributed by atoms with van der Waals surface area (Å²) in [6.45, 7) is 5.16. The van der Waals surface area contributed by atoms with E-state index in [1.54, 1.807) is 7.11 Å². The standard InChI is InChI=1S/C18H29BrN2O2.ClH/c1-4-18(5-2,13-20)21-17(22)15(9-10-23-3)11-14-7-6-8-16(19)12-14;/h6-8,12,15H,4-5,9-11,13,20H2,1-3H3,(H,21,22);1H. The van der Waals surface area contributed by atoms with E-state index < -0.39 is 0 Å². The Morgan fingerprint density at radius 2 is 2.04 bits per heavy atom. The summed E-state index contributed by atoms with van der Waals surface area (Å²) in [7, 11) is 1.66. The van der Waals surface area contributed by atoms with Crippen LogP contribution in [-0.4, -0.2) is 31.7 Å². The first kappa shape index (κ1) is 23.4. The highest BCUT2D eigenvalue weighted by atomic mass is 79.9. The van der Waals surface area contributed by atoms with E-state index in [0.29, 0.717) is 26.0 Å². The van der Waals surface area contributed by atoms with E-state index in [2.05, 4.69) is 41.2 Å². The van der Waals surface area contributed by atoms with Gasteiger partial charge >= 0.3 is 0 Å². The summed E-state index contributed by atoms with van der Waals surface area (Å²) < 4.78 is 6.21. The summed E-state index contributed by atoms with van der Waals surface area (Å²) in [5, 5.41) is 3.19. The molecule has 138 valence electrons. The normalized spacial score (nSPS) is 12.4. The van der Waals surface area contributed by atoms with Crippen LogP contribution in [0.5, 0.6) is 0 Å². The first-order chi connectivity index (χ1) is 11.0. The molecule has 1 unspecified atom stereocenters. The monoisotopic (exact) mass is 420 g/mol. The second kappa shape index (κ2) is 11.9. The van der Waals surface area contributed by atoms with Gasteiger partial charge in [-0.2, -0.15) is 0 Å². The van der Waals surface area contributed by atoms with Crippen molar-refractivity contribution in [2.75, 3.05) is 20.3 Å². The van der Waals surface area contributed by atoms with Crippen molar-refractivity contribution in [3.05, 3.63) is 34.3 Å². The van der Waals surface area contributed by atoms with E-state index in [-0.39, 0.29) is 29.8 Å². The molecule has 1 atom stereocenters. The summed E-state index contributed by atoms with van der Waals surface area (Å²) in [5.41, 5.74) is 6.74. The Labute approximate surface area is 160 Å². The zero-order valence-corrected chi connectivity index (χ0v) is 17.2. The number of nitrogens with two attached hydrogens (primary N) is 1. The first-order valence-corrected chi connectivity index (χ1v) is 9.05. The van der Waals surface area contributed by atoms with E-state index in [9.17, 15) is 4.79 Å². The van der Waals surface area contributed by atoms with Crippen LogP contribution in [-0.2, 0) is 16.0 Å². The van der Waals surface area contributed by atoms with Gasteiger partial charge in [0.25, 0.3) is 0 Å². The number of carbonyl (C=O) groups excluding carboxylic acids is 1. The molecule has 0 fully saturated rings. The van der Waals surface area contributed by atoms with Crippen LogP contribution in [0.2, 0.25) is 0 Å². The number of hydrogen-bond donors (Lipinski definition) is 2. The van der Waals surface area contributed by atoms with Crippen LogP contribution in [0.4, 0.5) is 0 Å². The summed E-state index contributed by atoms with van der Waals surface area (Å²) in [4.78, 5) is 12.8. The molecule has 0 bridgehead atoms. The maximum Gasteiger partial charge on any atom is 0.224 e. The molecule has 0 aliphatic heterocycles. The van der Waals surface area contributed by atoms with Gasteiger partial charge in [-0.25, -0.2) is 0 Å². The number of nitrogens with one attached hydrogen (secondary N) is 1. The predicted octanol–water partition coefficient (Wildman–Crippen LogP) is 3.70. The molecular formula is C18H30BrClN2O2. The van der Waals surface area contributed by atoms with Gasteiger partial charge in [0, 0.05) is 30.7 Å². The van der Waals surface area contributed by atoms with Gasteiger partial charge < -0.3 is 15.8 Å². The molecule has 3 N–H and O–H groups in total. The van der Waals surface area contributed by atoms with Crippen LogP contribution in [0.25, 0.3) is 0 Å². The van der Waals surface area contributed by atoms with Gasteiger partial charge in [0.2, 0.25) is 5.91 Å². The van der Waals surface area contributed by atoms with Gasteiger partial charge in [-0.1, -0.05) is 41.9 Å². The second-order valence-corrected chi connectivity index (χ2v) is 6.91. The summed E-state index contributed by atoms with van der Waals surface area (Å²) >= 11 is 3.48. The highest BCUT2D eigenvalue weighted by Crippen LogP contribution is 2.20. The van der Waals surface area contributed by atoms with E-state index in [1.165, 1.54) is 0 Å². The Balaban J connectivity index is 0.00000529. The van der Waals surface area contributed by atoms with E-state index in [4.69, 9.17) is 10.5 Å². The molecule has 0 aliphatic rings. The number of methoxy groups -OCH3 is 1. The molecule has 0 saturated heterocycles. The number of carbonyl (C=O) groups is 1. The number of halogens is 2. The second-order valence-electron chi connectivity index (χ2n) is 5.99. The Hall–Kier alpha value is -0.620. The molecule has 0 radical (unpaired) electrons. The number of hydrogen-bond acceptors (Lipinski definition) is 3. The number of rotatable bonds is 10. The van der Waals surface area contributed by atoms with Gasteiger partial charge in [0.15, 0.2) is 0 Å². The molecule has 0 spiro atoms. The van der Waals surface area contributed by atoms with Crippen molar-refractivity contribution in [3.8, 4) is 0 Å². The molecule has 1 amide bonds. The molecule has 6 heteroatoms. The van der Waals surface area contributed by atoms with Crippen LogP contribution < -0.4 is 11.1 Å². The van der Waals surface area contributed by atoms with Crippen molar-refractivity contribution in [1.29, 1.82) is 0 Å². The molecule has 1 rings (SSSR count). The predicted molar refractivity (Wildman–Crippen MR) is 106 cm³/mol. The van der Waals surface area contributed by atoms with Crippen LogP contribution in [0, 0.1) is 5.92 Å². The molecule has 0 heterocycles. The fourth-order valence-corrected chi connectivity index (χ4v) is 3.11. The maximum atomic E-state index is 12.8. The third-order valence-electron chi connectivity index (χ3n) is 4.55. The lowest BCUT2D eigenvalue weighted by Crippen LogP contribution is -2.54. The van der Waals surface area contributed by atoms with Crippen LogP contribution in [0.3, 0.4) is 0 Å². The topological polar surface area (TPSA) is 64.3 Å². The minimum absolute atomic E-state index is 0. The third-order valence-corrected chi connectivity index (χ3v) is 5.04. The van der Waals surface area contributed by atoms with Crippen molar-refractivity contribution in [1.82, 2.24) is 5.32 Å². The molecule has 1 aromatic carbocycles. The Morgan fingerprint density at radius 1 is 1.38 bits per heavy atom. The number of amides is 1.